The van der Waals surface area contributed by atoms with Crippen molar-refractivity contribution in [3.63, 3.8) is 0 Å². The number of esters is 1. The van der Waals surface area contributed by atoms with Crippen LogP contribution >= 0.6 is 0 Å². The molecule has 4 nitrogen and oxygen atoms in total. The van der Waals surface area contributed by atoms with Gasteiger partial charge in [-0.2, -0.15) is 0 Å². The van der Waals surface area contributed by atoms with Gasteiger partial charge in [-0.1, -0.05) is 36.4 Å². The van der Waals surface area contributed by atoms with Crippen LogP contribution in [0.4, 0.5) is 0 Å². The van der Waals surface area contributed by atoms with Crippen molar-refractivity contribution in [3.8, 4) is 11.5 Å². The normalized spacial score (nSPS) is 11.7. The lowest BCUT2D eigenvalue weighted by Gasteiger charge is -2.19. The molecule has 1 aromatic heterocycles. The highest BCUT2D eigenvalue weighted by Crippen LogP contribution is 2.36. The van der Waals surface area contributed by atoms with Crippen molar-refractivity contribution in [1.29, 1.82) is 0 Å². The van der Waals surface area contributed by atoms with E-state index in [2.05, 4.69) is 4.98 Å². The summed E-state index contributed by atoms with van der Waals surface area (Å²) in [6, 6.07) is 20.2. The average Bonchev–Trinajstić information content (AvgIpc) is 2.59. The van der Waals surface area contributed by atoms with Crippen molar-refractivity contribution < 1.29 is 14.6 Å². The molecule has 0 aliphatic rings. The van der Waals surface area contributed by atoms with E-state index < -0.39 is 0 Å². The van der Waals surface area contributed by atoms with Gasteiger partial charge in [0.25, 0.3) is 0 Å². The minimum absolute atomic E-state index is 0.209. The van der Waals surface area contributed by atoms with Gasteiger partial charge in [-0.05, 0) is 35.9 Å². The summed E-state index contributed by atoms with van der Waals surface area (Å²) < 4.78 is 5.08. The summed E-state index contributed by atoms with van der Waals surface area (Å²) in [5, 5.41) is 10.3. The molecule has 1 unspecified atom stereocenters. The Labute approximate surface area is 140 Å². The highest BCUT2D eigenvalue weighted by Gasteiger charge is 2.20. The average molecular weight is 319 g/mol. The number of carbonyl (C=O) groups is 1. The molecular weight excluding hydrogens is 302 g/mol. The Kier molecular flexibility index (Phi) is 4.57. The Hall–Kier alpha value is -3.14. The zero-order chi connectivity index (χ0) is 16.9. The fraction of sp³-hybridized carbons (Fsp3) is 0.100. The SMILES string of the molecule is CC(=O)Oc1ccc(C(c2ccccn2)c2ccccc2O)cc1. The van der Waals surface area contributed by atoms with Crippen LogP contribution in [0.15, 0.2) is 72.9 Å². The molecule has 4 heteroatoms. The molecule has 1 atom stereocenters. The quantitative estimate of drug-likeness (QED) is 0.585. The lowest BCUT2D eigenvalue weighted by Crippen LogP contribution is -2.06. The molecule has 0 bridgehead atoms. The molecule has 0 aliphatic carbocycles. The highest BCUT2D eigenvalue weighted by atomic mass is 16.5. The molecule has 0 saturated carbocycles. The van der Waals surface area contributed by atoms with Crippen molar-refractivity contribution in [2.75, 3.05) is 0 Å². The predicted octanol–water partition coefficient (Wildman–Crippen LogP) is 3.89. The van der Waals surface area contributed by atoms with Gasteiger partial charge in [-0.25, -0.2) is 0 Å². The molecule has 120 valence electrons. The second kappa shape index (κ2) is 6.96. The van der Waals surface area contributed by atoms with Crippen LogP contribution < -0.4 is 4.74 Å². The molecule has 1 N–H and O–H groups in total. The first kappa shape index (κ1) is 15.7. The van der Waals surface area contributed by atoms with Crippen molar-refractivity contribution in [2.45, 2.75) is 12.8 Å². The van der Waals surface area contributed by atoms with E-state index in [-0.39, 0.29) is 17.6 Å². The third kappa shape index (κ3) is 3.43. The van der Waals surface area contributed by atoms with Gasteiger partial charge in [0.15, 0.2) is 0 Å². The standard InChI is InChI=1S/C20H17NO3/c1-14(22)24-16-11-9-15(10-12-16)20(18-7-4-5-13-21-18)17-6-2-3-8-19(17)23/h2-13,20,23H,1H3. The van der Waals surface area contributed by atoms with E-state index in [1.807, 2.05) is 42.5 Å². The van der Waals surface area contributed by atoms with Crippen LogP contribution in [0.3, 0.4) is 0 Å². The van der Waals surface area contributed by atoms with Crippen LogP contribution in [-0.2, 0) is 4.79 Å². The number of ether oxygens (including phenoxy) is 1. The number of nitrogens with zero attached hydrogens (tertiary/aromatic N) is 1. The topological polar surface area (TPSA) is 59.4 Å². The lowest BCUT2D eigenvalue weighted by molar-refractivity contribution is -0.131. The smallest absolute Gasteiger partial charge is 0.308 e. The molecule has 24 heavy (non-hydrogen) atoms. The lowest BCUT2D eigenvalue weighted by atomic mass is 9.87. The van der Waals surface area contributed by atoms with Gasteiger partial charge in [-0.3, -0.25) is 9.78 Å². The zero-order valence-electron chi connectivity index (χ0n) is 13.2. The number of benzene rings is 2. The van der Waals surface area contributed by atoms with Gasteiger partial charge >= 0.3 is 5.97 Å². The largest absolute Gasteiger partial charge is 0.508 e. The number of aromatic hydroxyl groups is 1. The summed E-state index contributed by atoms with van der Waals surface area (Å²) in [6.07, 6.45) is 1.73. The van der Waals surface area contributed by atoms with E-state index in [1.54, 1.807) is 30.5 Å². The molecule has 0 fully saturated rings. The third-order valence-electron chi connectivity index (χ3n) is 3.71. The van der Waals surface area contributed by atoms with E-state index in [4.69, 9.17) is 4.74 Å². The minimum atomic E-state index is -0.357. The van der Waals surface area contributed by atoms with Crippen LogP contribution in [0.25, 0.3) is 0 Å². The maximum absolute atomic E-state index is 11.1. The van der Waals surface area contributed by atoms with Crippen LogP contribution in [0.1, 0.15) is 29.7 Å². The van der Waals surface area contributed by atoms with E-state index in [9.17, 15) is 9.90 Å². The monoisotopic (exact) mass is 319 g/mol. The Morgan fingerprint density at radius 3 is 2.33 bits per heavy atom. The van der Waals surface area contributed by atoms with E-state index in [0.29, 0.717) is 5.75 Å². The second-order valence-corrected chi connectivity index (χ2v) is 5.41. The number of phenolic OH excluding ortho intramolecular Hbond substituents is 1. The Morgan fingerprint density at radius 2 is 1.71 bits per heavy atom. The summed E-state index contributed by atoms with van der Waals surface area (Å²) in [7, 11) is 0. The molecule has 1 heterocycles. The fourth-order valence-electron chi connectivity index (χ4n) is 2.68. The first-order valence-electron chi connectivity index (χ1n) is 7.62. The Balaban J connectivity index is 2.05. The molecule has 3 rings (SSSR count). The number of aromatic nitrogens is 1. The maximum Gasteiger partial charge on any atom is 0.308 e. The van der Waals surface area contributed by atoms with Crippen molar-refractivity contribution in [1.82, 2.24) is 4.98 Å². The first-order chi connectivity index (χ1) is 11.6. The van der Waals surface area contributed by atoms with Crippen molar-refractivity contribution in [2.24, 2.45) is 0 Å². The fourth-order valence-corrected chi connectivity index (χ4v) is 2.68. The van der Waals surface area contributed by atoms with Gasteiger partial charge in [0.1, 0.15) is 11.5 Å². The van der Waals surface area contributed by atoms with Gasteiger partial charge < -0.3 is 9.84 Å². The predicted molar refractivity (Wildman–Crippen MR) is 91.0 cm³/mol. The molecular formula is C20H17NO3. The number of hydrogen-bond donors (Lipinski definition) is 1. The molecule has 0 saturated heterocycles. The van der Waals surface area contributed by atoms with Gasteiger partial charge in [-0.15, -0.1) is 0 Å². The van der Waals surface area contributed by atoms with E-state index >= 15 is 0 Å². The Bertz CT molecular complexity index is 829. The molecule has 0 radical (unpaired) electrons. The van der Waals surface area contributed by atoms with Crippen LogP contribution in [0, 0.1) is 0 Å². The van der Waals surface area contributed by atoms with Gasteiger partial charge in [0.2, 0.25) is 0 Å². The first-order valence-corrected chi connectivity index (χ1v) is 7.62. The Morgan fingerprint density at radius 1 is 1.00 bits per heavy atom. The minimum Gasteiger partial charge on any atom is -0.508 e. The van der Waals surface area contributed by atoms with Crippen LogP contribution in [-0.4, -0.2) is 16.1 Å². The van der Waals surface area contributed by atoms with Crippen LogP contribution in [0.5, 0.6) is 11.5 Å². The zero-order valence-corrected chi connectivity index (χ0v) is 13.2. The van der Waals surface area contributed by atoms with Crippen LogP contribution in [0.2, 0.25) is 0 Å². The van der Waals surface area contributed by atoms with E-state index in [1.165, 1.54) is 6.92 Å². The summed E-state index contributed by atoms with van der Waals surface area (Å²) in [4.78, 5) is 15.5. The molecule has 2 aromatic carbocycles. The number of phenols is 1. The summed E-state index contributed by atoms with van der Waals surface area (Å²) in [6.45, 7) is 1.37. The highest BCUT2D eigenvalue weighted by molar-refractivity contribution is 5.69. The van der Waals surface area contributed by atoms with E-state index in [0.717, 1.165) is 16.8 Å². The van der Waals surface area contributed by atoms with Gasteiger partial charge in [0, 0.05) is 18.7 Å². The number of hydrogen-bond acceptors (Lipinski definition) is 4. The molecule has 3 aromatic rings. The summed E-state index contributed by atoms with van der Waals surface area (Å²) in [5.41, 5.74) is 2.56. The van der Waals surface area contributed by atoms with Gasteiger partial charge in [0.05, 0.1) is 11.6 Å². The summed E-state index contributed by atoms with van der Waals surface area (Å²) >= 11 is 0. The summed E-state index contributed by atoms with van der Waals surface area (Å²) in [5.74, 6) is 0.143. The number of pyridine rings is 1. The third-order valence-corrected chi connectivity index (χ3v) is 3.71. The number of para-hydroxylation sites is 1. The number of carbonyl (C=O) groups excluding carboxylic acids is 1. The second-order valence-electron chi connectivity index (χ2n) is 5.41. The number of rotatable bonds is 4. The van der Waals surface area contributed by atoms with Crippen molar-refractivity contribution in [3.05, 3.63) is 89.7 Å². The molecule has 0 spiro atoms. The molecule has 0 aliphatic heterocycles. The maximum atomic E-state index is 11.1. The molecule has 0 amide bonds. The van der Waals surface area contributed by atoms with Crippen molar-refractivity contribution >= 4 is 5.97 Å².